The molecule has 2 aromatic rings. The van der Waals surface area contributed by atoms with Crippen molar-refractivity contribution in [1.29, 1.82) is 0 Å². The maximum absolute atomic E-state index is 14.4. The largest absolute Gasteiger partial charge is 0.336 e. The SMILES string of the molecule is CNCc1cc(F)c(N2CCCc3ccccc32)c(F)c1. The lowest BCUT2D eigenvalue weighted by atomic mass is 10.0. The van der Waals surface area contributed by atoms with E-state index in [1.807, 2.05) is 24.3 Å². The maximum atomic E-state index is 14.4. The van der Waals surface area contributed by atoms with Crippen LogP contribution < -0.4 is 10.2 Å². The highest BCUT2D eigenvalue weighted by Gasteiger charge is 2.23. The number of aryl methyl sites for hydroxylation is 1. The summed E-state index contributed by atoms with van der Waals surface area (Å²) in [6, 6.07) is 10.6. The first kappa shape index (κ1) is 14.0. The molecule has 0 amide bonds. The molecule has 1 N–H and O–H groups in total. The van der Waals surface area contributed by atoms with Gasteiger partial charge in [-0.15, -0.1) is 0 Å². The van der Waals surface area contributed by atoms with Gasteiger partial charge in [-0.2, -0.15) is 0 Å². The average Bonchev–Trinajstić information content (AvgIpc) is 2.47. The Morgan fingerprint density at radius 3 is 2.57 bits per heavy atom. The van der Waals surface area contributed by atoms with Gasteiger partial charge in [0.1, 0.15) is 17.3 Å². The van der Waals surface area contributed by atoms with Crippen LogP contribution in [0.2, 0.25) is 0 Å². The molecule has 0 saturated carbocycles. The van der Waals surface area contributed by atoms with Gasteiger partial charge < -0.3 is 10.2 Å². The van der Waals surface area contributed by atoms with Crippen LogP contribution in [0.5, 0.6) is 0 Å². The minimum atomic E-state index is -0.503. The molecule has 0 aromatic heterocycles. The van der Waals surface area contributed by atoms with E-state index in [1.54, 1.807) is 11.9 Å². The predicted octanol–water partition coefficient (Wildman–Crippen LogP) is 3.77. The van der Waals surface area contributed by atoms with Gasteiger partial charge in [0.2, 0.25) is 0 Å². The molecule has 1 aliphatic heterocycles. The molecule has 110 valence electrons. The Morgan fingerprint density at radius 2 is 1.86 bits per heavy atom. The van der Waals surface area contributed by atoms with Crippen LogP contribution in [0.3, 0.4) is 0 Å². The van der Waals surface area contributed by atoms with Crippen molar-refractivity contribution in [2.24, 2.45) is 0 Å². The topological polar surface area (TPSA) is 15.3 Å². The van der Waals surface area contributed by atoms with Crippen molar-refractivity contribution in [1.82, 2.24) is 5.32 Å². The van der Waals surface area contributed by atoms with Crippen LogP contribution in [0.4, 0.5) is 20.2 Å². The van der Waals surface area contributed by atoms with E-state index >= 15 is 0 Å². The smallest absolute Gasteiger partial charge is 0.150 e. The molecule has 0 bridgehead atoms. The van der Waals surface area contributed by atoms with E-state index in [4.69, 9.17) is 0 Å². The number of anilines is 2. The molecule has 4 heteroatoms. The maximum Gasteiger partial charge on any atom is 0.150 e. The van der Waals surface area contributed by atoms with Crippen LogP contribution in [0.25, 0.3) is 0 Å². The minimum Gasteiger partial charge on any atom is -0.336 e. The third-order valence-corrected chi connectivity index (χ3v) is 3.84. The fraction of sp³-hybridized carbons (Fsp3) is 0.294. The van der Waals surface area contributed by atoms with E-state index in [2.05, 4.69) is 5.32 Å². The number of nitrogens with one attached hydrogen (secondary N) is 1. The Kier molecular flexibility index (Phi) is 3.88. The molecule has 0 atom stereocenters. The second kappa shape index (κ2) is 5.82. The molecular formula is C17H18F2N2. The summed E-state index contributed by atoms with van der Waals surface area (Å²) >= 11 is 0. The number of nitrogens with zero attached hydrogens (tertiary/aromatic N) is 1. The molecule has 2 aromatic carbocycles. The first-order chi connectivity index (χ1) is 10.2. The van der Waals surface area contributed by atoms with Crippen LogP contribution in [0.1, 0.15) is 17.5 Å². The first-order valence-electron chi connectivity index (χ1n) is 7.18. The molecule has 2 nitrogen and oxygen atoms in total. The van der Waals surface area contributed by atoms with Crippen LogP contribution in [-0.2, 0) is 13.0 Å². The number of hydrogen-bond donors (Lipinski definition) is 1. The summed E-state index contributed by atoms with van der Waals surface area (Å²) in [6.45, 7) is 1.08. The Morgan fingerprint density at radius 1 is 1.14 bits per heavy atom. The normalized spacial score (nSPS) is 14.1. The molecule has 1 aliphatic rings. The summed E-state index contributed by atoms with van der Waals surface area (Å²) < 4.78 is 28.8. The highest BCUT2D eigenvalue weighted by Crippen LogP contribution is 2.36. The Balaban J connectivity index is 2.06. The van der Waals surface area contributed by atoms with Gasteiger partial charge in [0, 0.05) is 18.8 Å². The van der Waals surface area contributed by atoms with Crippen LogP contribution >= 0.6 is 0 Å². The lowest BCUT2D eigenvalue weighted by Gasteiger charge is -2.32. The van der Waals surface area contributed by atoms with Gasteiger partial charge in [-0.25, -0.2) is 8.78 Å². The number of para-hydroxylation sites is 1. The zero-order chi connectivity index (χ0) is 14.8. The monoisotopic (exact) mass is 288 g/mol. The summed E-state index contributed by atoms with van der Waals surface area (Å²) in [5, 5.41) is 2.91. The van der Waals surface area contributed by atoms with Gasteiger partial charge in [-0.05, 0) is 49.2 Å². The second-order valence-corrected chi connectivity index (χ2v) is 5.32. The van der Waals surface area contributed by atoms with Gasteiger partial charge >= 0.3 is 0 Å². The Labute approximate surface area is 123 Å². The third kappa shape index (κ3) is 2.63. The van der Waals surface area contributed by atoms with Crippen molar-refractivity contribution in [3.05, 3.63) is 59.2 Å². The number of rotatable bonds is 3. The average molecular weight is 288 g/mol. The van der Waals surface area contributed by atoms with Gasteiger partial charge in [0.25, 0.3) is 0 Å². The van der Waals surface area contributed by atoms with Crippen molar-refractivity contribution in [2.75, 3.05) is 18.5 Å². The minimum absolute atomic E-state index is 0.0574. The zero-order valence-electron chi connectivity index (χ0n) is 12.0. The van der Waals surface area contributed by atoms with Crippen molar-refractivity contribution in [2.45, 2.75) is 19.4 Å². The molecule has 0 unspecified atom stereocenters. The van der Waals surface area contributed by atoms with E-state index in [0.717, 1.165) is 24.1 Å². The first-order valence-corrected chi connectivity index (χ1v) is 7.18. The summed E-state index contributed by atoms with van der Waals surface area (Å²) in [6.07, 6.45) is 1.85. The predicted molar refractivity (Wildman–Crippen MR) is 80.9 cm³/mol. The van der Waals surface area contributed by atoms with Crippen molar-refractivity contribution in [3.63, 3.8) is 0 Å². The summed E-state index contributed by atoms with van der Waals surface area (Å²) in [5.41, 5.74) is 2.72. The number of hydrogen-bond acceptors (Lipinski definition) is 2. The zero-order valence-corrected chi connectivity index (χ0v) is 12.0. The second-order valence-electron chi connectivity index (χ2n) is 5.32. The molecule has 0 saturated heterocycles. The quantitative estimate of drug-likeness (QED) is 0.925. The highest BCUT2D eigenvalue weighted by molar-refractivity contribution is 5.69. The Bertz CT molecular complexity index is 632. The van der Waals surface area contributed by atoms with Crippen LogP contribution in [-0.4, -0.2) is 13.6 Å². The molecular weight excluding hydrogens is 270 g/mol. The molecule has 1 heterocycles. The molecule has 3 rings (SSSR count). The van der Waals surface area contributed by atoms with Gasteiger partial charge in [0.05, 0.1) is 0 Å². The van der Waals surface area contributed by atoms with Gasteiger partial charge in [0.15, 0.2) is 0 Å². The molecule has 0 aliphatic carbocycles. The molecule has 0 fully saturated rings. The van der Waals surface area contributed by atoms with Crippen molar-refractivity contribution < 1.29 is 8.78 Å². The standard InChI is InChI=1S/C17H18F2N2/c1-20-11-12-9-14(18)17(15(19)10-12)21-8-4-6-13-5-2-3-7-16(13)21/h2-3,5,7,9-10,20H,4,6,8,11H2,1H3. The number of halogens is 2. The fourth-order valence-corrected chi connectivity index (χ4v) is 2.95. The van der Waals surface area contributed by atoms with Gasteiger partial charge in [-0.1, -0.05) is 18.2 Å². The summed E-state index contributed by atoms with van der Waals surface area (Å²) in [7, 11) is 1.75. The van der Waals surface area contributed by atoms with E-state index in [1.165, 1.54) is 12.1 Å². The number of fused-ring (bicyclic) bond motifs is 1. The molecule has 21 heavy (non-hydrogen) atoms. The Hall–Kier alpha value is -1.94. The lowest BCUT2D eigenvalue weighted by Crippen LogP contribution is -2.26. The van der Waals surface area contributed by atoms with E-state index in [9.17, 15) is 8.78 Å². The molecule has 0 radical (unpaired) electrons. The van der Waals surface area contributed by atoms with Crippen molar-refractivity contribution >= 4 is 11.4 Å². The van der Waals surface area contributed by atoms with Crippen LogP contribution in [0.15, 0.2) is 36.4 Å². The lowest BCUT2D eigenvalue weighted by molar-refractivity contribution is 0.571. The van der Waals surface area contributed by atoms with E-state index < -0.39 is 11.6 Å². The van der Waals surface area contributed by atoms with E-state index in [-0.39, 0.29) is 5.69 Å². The third-order valence-electron chi connectivity index (χ3n) is 3.84. The molecule has 0 spiro atoms. The van der Waals surface area contributed by atoms with E-state index in [0.29, 0.717) is 18.7 Å². The number of benzene rings is 2. The van der Waals surface area contributed by atoms with Crippen LogP contribution in [0, 0.1) is 11.6 Å². The summed E-state index contributed by atoms with van der Waals surface area (Å²) in [4.78, 5) is 1.76. The van der Waals surface area contributed by atoms with Crippen molar-refractivity contribution in [3.8, 4) is 0 Å². The van der Waals surface area contributed by atoms with Gasteiger partial charge in [-0.3, -0.25) is 0 Å². The summed E-state index contributed by atoms with van der Waals surface area (Å²) in [5.74, 6) is -1.01. The highest BCUT2D eigenvalue weighted by atomic mass is 19.1. The fourth-order valence-electron chi connectivity index (χ4n) is 2.95.